The van der Waals surface area contributed by atoms with E-state index in [0.717, 1.165) is 6.42 Å². The van der Waals surface area contributed by atoms with Gasteiger partial charge in [-0.1, -0.05) is 67.6 Å². The third kappa shape index (κ3) is 2.21. The van der Waals surface area contributed by atoms with Crippen LogP contribution >= 0.6 is 0 Å². The molecule has 1 aliphatic rings. The highest BCUT2D eigenvalue weighted by atomic mass is 16.1. The molecule has 19 heavy (non-hydrogen) atoms. The first-order valence-corrected chi connectivity index (χ1v) is 6.90. The highest BCUT2D eigenvalue weighted by Gasteiger charge is 2.42. The SMILES string of the molecule is C[C@H]1CC(=O)[C@@H]1C(c1ccccc1)c1ccccc1. The van der Waals surface area contributed by atoms with Gasteiger partial charge in [-0.15, -0.1) is 0 Å². The largest absolute Gasteiger partial charge is 0.299 e. The number of ketones is 1. The molecule has 0 spiro atoms. The third-order valence-electron chi connectivity index (χ3n) is 4.18. The molecule has 1 saturated carbocycles. The summed E-state index contributed by atoms with van der Waals surface area (Å²) in [5.74, 6) is 1.24. The zero-order chi connectivity index (χ0) is 13.2. The van der Waals surface area contributed by atoms with E-state index in [1.54, 1.807) is 0 Å². The molecule has 1 fully saturated rings. The number of benzene rings is 2. The Morgan fingerprint density at radius 3 is 1.74 bits per heavy atom. The quantitative estimate of drug-likeness (QED) is 0.803. The third-order valence-corrected chi connectivity index (χ3v) is 4.18. The fraction of sp³-hybridized carbons (Fsp3) is 0.278. The highest BCUT2D eigenvalue weighted by Crippen LogP contribution is 2.44. The summed E-state index contributed by atoms with van der Waals surface area (Å²) in [6, 6.07) is 20.8. The standard InChI is InChI=1S/C18H18O/c1-13-12-16(19)17(13)18(14-8-4-2-5-9-14)15-10-6-3-7-11-15/h2-11,13,17-18H,12H2,1H3/t13-,17+/m0/s1. The summed E-state index contributed by atoms with van der Waals surface area (Å²) in [7, 11) is 0. The Hall–Kier alpha value is -1.89. The van der Waals surface area contributed by atoms with Crippen molar-refractivity contribution in [1.82, 2.24) is 0 Å². The average Bonchev–Trinajstić information content (AvgIpc) is 2.46. The van der Waals surface area contributed by atoms with Crippen LogP contribution in [0.3, 0.4) is 0 Å². The number of rotatable bonds is 3. The molecule has 2 aromatic rings. The summed E-state index contributed by atoms with van der Waals surface area (Å²) < 4.78 is 0. The molecule has 96 valence electrons. The molecule has 1 aliphatic carbocycles. The fourth-order valence-corrected chi connectivity index (χ4v) is 3.18. The van der Waals surface area contributed by atoms with Gasteiger partial charge in [-0.25, -0.2) is 0 Å². The van der Waals surface area contributed by atoms with Crippen LogP contribution in [0, 0.1) is 11.8 Å². The van der Waals surface area contributed by atoms with Gasteiger partial charge in [-0.05, 0) is 17.0 Å². The van der Waals surface area contributed by atoms with Crippen molar-refractivity contribution in [3.05, 3.63) is 71.8 Å². The van der Waals surface area contributed by atoms with E-state index in [0.29, 0.717) is 11.7 Å². The van der Waals surface area contributed by atoms with Gasteiger partial charge in [0.2, 0.25) is 0 Å². The molecule has 0 aromatic heterocycles. The van der Waals surface area contributed by atoms with Gasteiger partial charge in [0, 0.05) is 18.3 Å². The van der Waals surface area contributed by atoms with Crippen LogP contribution in [0.2, 0.25) is 0 Å². The highest BCUT2D eigenvalue weighted by molar-refractivity contribution is 5.88. The summed E-state index contributed by atoms with van der Waals surface area (Å²) in [5.41, 5.74) is 2.50. The predicted octanol–water partition coefficient (Wildman–Crippen LogP) is 4.04. The maximum atomic E-state index is 12.0. The molecular formula is C18H18O. The molecule has 0 amide bonds. The maximum absolute atomic E-state index is 12.0. The normalized spacial score (nSPS) is 22.3. The van der Waals surface area contributed by atoms with Gasteiger partial charge >= 0.3 is 0 Å². The minimum Gasteiger partial charge on any atom is -0.299 e. The molecule has 2 atom stereocenters. The van der Waals surface area contributed by atoms with E-state index in [9.17, 15) is 4.79 Å². The number of hydrogen-bond acceptors (Lipinski definition) is 1. The van der Waals surface area contributed by atoms with Gasteiger partial charge in [0.15, 0.2) is 0 Å². The minimum atomic E-state index is 0.143. The molecule has 1 heteroatoms. The lowest BCUT2D eigenvalue weighted by Crippen LogP contribution is -2.40. The van der Waals surface area contributed by atoms with Crippen molar-refractivity contribution in [2.75, 3.05) is 0 Å². The lowest BCUT2D eigenvalue weighted by molar-refractivity contribution is -0.134. The Morgan fingerprint density at radius 2 is 1.37 bits per heavy atom. The zero-order valence-corrected chi connectivity index (χ0v) is 11.1. The van der Waals surface area contributed by atoms with E-state index in [1.165, 1.54) is 11.1 Å². The van der Waals surface area contributed by atoms with Crippen molar-refractivity contribution < 1.29 is 4.79 Å². The van der Waals surface area contributed by atoms with Crippen LogP contribution in [0.4, 0.5) is 0 Å². The molecule has 0 radical (unpaired) electrons. The Bertz CT molecular complexity index is 519. The maximum Gasteiger partial charge on any atom is 0.137 e. The Morgan fingerprint density at radius 1 is 0.895 bits per heavy atom. The first-order valence-electron chi connectivity index (χ1n) is 6.90. The van der Waals surface area contributed by atoms with Crippen LogP contribution in [-0.4, -0.2) is 5.78 Å². The Balaban J connectivity index is 2.04. The van der Waals surface area contributed by atoms with E-state index < -0.39 is 0 Å². The molecule has 1 nitrogen and oxygen atoms in total. The zero-order valence-electron chi connectivity index (χ0n) is 11.1. The van der Waals surface area contributed by atoms with Gasteiger partial charge in [0.25, 0.3) is 0 Å². The monoisotopic (exact) mass is 250 g/mol. The second-order valence-electron chi connectivity index (χ2n) is 5.47. The van der Waals surface area contributed by atoms with Gasteiger partial charge in [-0.3, -0.25) is 4.79 Å². The molecule has 3 rings (SSSR count). The molecular weight excluding hydrogens is 232 g/mol. The van der Waals surface area contributed by atoms with Gasteiger partial charge in [0.05, 0.1) is 0 Å². The summed E-state index contributed by atoms with van der Waals surface area (Å²) in [4.78, 5) is 12.0. The van der Waals surface area contributed by atoms with E-state index in [2.05, 4.69) is 55.5 Å². The summed E-state index contributed by atoms with van der Waals surface area (Å²) in [5, 5.41) is 0. The number of hydrogen-bond donors (Lipinski definition) is 0. The van der Waals surface area contributed by atoms with Crippen molar-refractivity contribution >= 4 is 5.78 Å². The lowest BCUT2D eigenvalue weighted by atomic mass is 9.63. The fourth-order valence-electron chi connectivity index (χ4n) is 3.18. The van der Waals surface area contributed by atoms with Crippen LogP contribution in [0.25, 0.3) is 0 Å². The van der Waals surface area contributed by atoms with Crippen LogP contribution in [0.15, 0.2) is 60.7 Å². The first kappa shape index (κ1) is 12.2. The molecule has 0 aliphatic heterocycles. The molecule has 0 saturated heterocycles. The van der Waals surface area contributed by atoms with Gasteiger partial charge in [-0.2, -0.15) is 0 Å². The number of carbonyl (C=O) groups excluding carboxylic acids is 1. The van der Waals surface area contributed by atoms with Crippen molar-refractivity contribution in [3.8, 4) is 0 Å². The lowest BCUT2D eigenvalue weighted by Gasteiger charge is -2.39. The Kier molecular flexibility index (Phi) is 3.20. The van der Waals surface area contributed by atoms with Gasteiger partial charge in [0.1, 0.15) is 5.78 Å². The van der Waals surface area contributed by atoms with Crippen molar-refractivity contribution in [1.29, 1.82) is 0 Å². The number of Topliss-reactive ketones (excluding diaryl/α,β-unsaturated/α-hetero) is 1. The summed E-state index contributed by atoms with van der Waals surface area (Å²) in [6.45, 7) is 2.19. The number of carbonyl (C=O) groups is 1. The first-order chi connectivity index (χ1) is 9.27. The topological polar surface area (TPSA) is 17.1 Å². The average molecular weight is 250 g/mol. The van der Waals surface area contributed by atoms with Crippen LogP contribution in [-0.2, 0) is 4.79 Å². The summed E-state index contributed by atoms with van der Waals surface area (Å²) >= 11 is 0. The molecule has 0 heterocycles. The van der Waals surface area contributed by atoms with Gasteiger partial charge < -0.3 is 0 Å². The molecule has 0 bridgehead atoms. The second-order valence-corrected chi connectivity index (χ2v) is 5.47. The second kappa shape index (κ2) is 5.00. The van der Waals surface area contributed by atoms with Crippen molar-refractivity contribution in [2.24, 2.45) is 11.8 Å². The molecule has 0 unspecified atom stereocenters. The van der Waals surface area contributed by atoms with Crippen molar-refractivity contribution in [3.63, 3.8) is 0 Å². The van der Waals surface area contributed by atoms with E-state index >= 15 is 0 Å². The van der Waals surface area contributed by atoms with Crippen LogP contribution in [0.5, 0.6) is 0 Å². The van der Waals surface area contributed by atoms with Crippen LogP contribution < -0.4 is 0 Å². The predicted molar refractivity (Wildman–Crippen MR) is 77.0 cm³/mol. The van der Waals surface area contributed by atoms with Crippen LogP contribution in [0.1, 0.15) is 30.4 Å². The molecule has 0 N–H and O–H groups in total. The Labute approximate surface area is 114 Å². The van der Waals surface area contributed by atoms with E-state index in [4.69, 9.17) is 0 Å². The summed E-state index contributed by atoms with van der Waals surface area (Å²) in [6.07, 6.45) is 0.737. The van der Waals surface area contributed by atoms with Crippen molar-refractivity contribution in [2.45, 2.75) is 19.3 Å². The minimum absolute atomic E-state index is 0.143. The molecule has 2 aromatic carbocycles. The van der Waals surface area contributed by atoms with E-state index in [1.807, 2.05) is 12.1 Å². The smallest absolute Gasteiger partial charge is 0.137 e. The van der Waals surface area contributed by atoms with E-state index in [-0.39, 0.29) is 11.8 Å².